The first kappa shape index (κ1) is 25.9. The van der Waals surface area contributed by atoms with Crippen LogP contribution >= 0.6 is 35.3 Å². The van der Waals surface area contributed by atoms with Crippen LogP contribution in [0.25, 0.3) is 0 Å². The number of hydrogen-bond acceptors (Lipinski definition) is 5. The summed E-state index contributed by atoms with van der Waals surface area (Å²) >= 11 is 1.84. The van der Waals surface area contributed by atoms with Gasteiger partial charge in [-0.25, -0.2) is 0 Å². The van der Waals surface area contributed by atoms with Crippen molar-refractivity contribution in [3.63, 3.8) is 0 Å². The molecule has 2 N–H and O–H groups in total. The van der Waals surface area contributed by atoms with Crippen LogP contribution in [0.5, 0.6) is 5.75 Å². The first-order valence-corrected chi connectivity index (χ1v) is 11.5. The van der Waals surface area contributed by atoms with Crippen LogP contribution in [-0.2, 0) is 0 Å². The first-order chi connectivity index (χ1) is 14.6. The third kappa shape index (κ3) is 7.34. The first-order valence-electron chi connectivity index (χ1n) is 10.6. The normalized spacial score (nSPS) is 16.6. The number of hydrogen-bond donors (Lipinski definition) is 2. The minimum atomic E-state index is 0. The molecule has 31 heavy (non-hydrogen) atoms. The highest BCUT2D eigenvalue weighted by molar-refractivity contribution is 14.0. The van der Waals surface area contributed by atoms with Gasteiger partial charge in [-0.3, -0.25) is 9.89 Å². The molecule has 0 bridgehead atoms. The Labute approximate surface area is 208 Å². The Hall–Kier alpha value is -1.36. The van der Waals surface area contributed by atoms with Crippen molar-refractivity contribution in [1.82, 2.24) is 20.4 Å². The van der Waals surface area contributed by atoms with Gasteiger partial charge < -0.3 is 20.3 Å². The maximum atomic E-state index is 5.40. The largest absolute Gasteiger partial charge is 0.497 e. The highest BCUT2D eigenvalue weighted by Crippen LogP contribution is 2.28. The van der Waals surface area contributed by atoms with Gasteiger partial charge >= 0.3 is 0 Å². The number of nitrogens with one attached hydrogen (secondary N) is 2. The fraction of sp³-hybridized carbons (Fsp3) is 0.522. The Kier molecular flexibility index (Phi) is 11.1. The number of likely N-dealkylation sites (tertiary alicyclic amines) is 1. The topological polar surface area (TPSA) is 52.1 Å². The number of ether oxygens (including phenoxy) is 1. The molecule has 1 aromatic carbocycles. The molecule has 172 valence electrons. The van der Waals surface area contributed by atoms with Crippen LogP contribution in [0.3, 0.4) is 0 Å². The number of aliphatic imine (C=N–C) groups is 1. The number of benzene rings is 1. The van der Waals surface area contributed by atoms with Crippen LogP contribution < -0.4 is 15.4 Å². The van der Waals surface area contributed by atoms with Crippen LogP contribution in [-0.4, -0.2) is 70.2 Å². The molecule has 1 saturated heterocycles. The number of guanidine groups is 1. The van der Waals surface area contributed by atoms with E-state index in [1.165, 1.54) is 36.4 Å². The Morgan fingerprint density at radius 1 is 1.16 bits per heavy atom. The summed E-state index contributed by atoms with van der Waals surface area (Å²) in [6.07, 6.45) is 2.58. The van der Waals surface area contributed by atoms with E-state index in [2.05, 4.69) is 69.2 Å². The van der Waals surface area contributed by atoms with Gasteiger partial charge in [0.15, 0.2) is 5.96 Å². The van der Waals surface area contributed by atoms with Gasteiger partial charge in [0, 0.05) is 25.0 Å². The average Bonchev–Trinajstić information content (AvgIpc) is 3.47. The zero-order valence-corrected chi connectivity index (χ0v) is 22.2. The molecule has 0 spiro atoms. The molecule has 2 heterocycles. The SMILES string of the molecule is CN=C(NCC(c1cccc(OC)c1)N(C)C)NCC(c1cccs1)N1CCCC1.I. The second-order valence-electron chi connectivity index (χ2n) is 7.86. The fourth-order valence-electron chi connectivity index (χ4n) is 4.00. The van der Waals surface area contributed by atoms with Gasteiger partial charge in [-0.2, -0.15) is 0 Å². The summed E-state index contributed by atoms with van der Waals surface area (Å²) < 4.78 is 5.40. The number of rotatable bonds is 9. The number of methoxy groups -OCH3 is 1. The van der Waals surface area contributed by atoms with Crippen molar-refractivity contribution in [3.8, 4) is 5.75 Å². The Bertz CT molecular complexity index is 793. The van der Waals surface area contributed by atoms with E-state index < -0.39 is 0 Å². The van der Waals surface area contributed by atoms with E-state index in [9.17, 15) is 0 Å². The van der Waals surface area contributed by atoms with E-state index in [1.807, 2.05) is 30.5 Å². The molecule has 1 aliphatic heterocycles. The molecule has 8 heteroatoms. The van der Waals surface area contributed by atoms with Gasteiger partial charge in [-0.1, -0.05) is 18.2 Å². The van der Waals surface area contributed by atoms with E-state index in [4.69, 9.17) is 4.74 Å². The second-order valence-corrected chi connectivity index (χ2v) is 8.84. The maximum Gasteiger partial charge on any atom is 0.191 e. The van der Waals surface area contributed by atoms with Crippen LogP contribution in [0.2, 0.25) is 0 Å². The molecule has 0 aliphatic carbocycles. The zero-order chi connectivity index (χ0) is 21.3. The van der Waals surface area contributed by atoms with Gasteiger partial charge in [0.25, 0.3) is 0 Å². The third-order valence-corrected chi connectivity index (χ3v) is 6.68. The van der Waals surface area contributed by atoms with Crippen LogP contribution in [0.1, 0.15) is 35.4 Å². The summed E-state index contributed by atoms with van der Waals surface area (Å²) in [7, 11) is 7.74. The predicted octanol–water partition coefficient (Wildman–Crippen LogP) is 3.98. The van der Waals surface area contributed by atoms with Crippen molar-refractivity contribution >= 4 is 41.3 Å². The lowest BCUT2D eigenvalue weighted by atomic mass is 10.1. The zero-order valence-electron chi connectivity index (χ0n) is 19.0. The van der Waals surface area contributed by atoms with E-state index in [-0.39, 0.29) is 30.0 Å². The van der Waals surface area contributed by atoms with Crippen molar-refractivity contribution < 1.29 is 4.74 Å². The molecule has 1 aromatic heterocycles. The van der Waals surface area contributed by atoms with Crippen LogP contribution in [0.15, 0.2) is 46.8 Å². The molecule has 1 fully saturated rings. The summed E-state index contributed by atoms with van der Waals surface area (Å²) in [5.41, 5.74) is 1.22. The summed E-state index contributed by atoms with van der Waals surface area (Å²) in [4.78, 5) is 10.7. The van der Waals surface area contributed by atoms with Crippen molar-refractivity contribution in [2.75, 3.05) is 54.4 Å². The van der Waals surface area contributed by atoms with Crippen molar-refractivity contribution in [2.24, 2.45) is 4.99 Å². The standard InChI is InChI=1S/C23H35N5OS.HI/c1-24-23(25-16-20(27(2)3)18-9-7-10-19(15-18)29-4)26-17-21(22-11-8-14-30-22)28-12-5-6-13-28;/h7-11,14-15,20-21H,5-6,12-13,16-17H2,1-4H3,(H2,24,25,26);1H. The molecule has 6 nitrogen and oxygen atoms in total. The number of halogens is 1. The van der Waals surface area contributed by atoms with Gasteiger partial charge in [-0.05, 0) is 69.2 Å². The average molecular weight is 558 g/mol. The lowest BCUT2D eigenvalue weighted by Gasteiger charge is -2.29. The van der Waals surface area contributed by atoms with Crippen LogP contribution in [0.4, 0.5) is 0 Å². The quantitative estimate of drug-likeness (QED) is 0.278. The number of nitrogens with zero attached hydrogens (tertiary/aromatic N) is 3. The van der Waals surface area contributed by atoms with Gasteiger partial charge in [-0.15, -0.1) is 35.3 Å². The summed E-state index contributed by atoms with van der Waals surface area (Å²) in [5, 5.41) is 9.25. The van der Waals surface area contributed by atoms with Crippen molar-refractivity contribution in [2.45, 2.75) is 24.9 Å². The predicted molar refractivity (Wildman–Crippen MR) is 142 cm³/mol. The molecular weight excluding hydrogens is 521 g/mol. The second kappa shape index (κ2) is 13.2. The van der Waals surface area contributed by atoms with E-state index in [1.54, 1.807) is 7.11 Å². The lowest BCUT2D eigenvalue weighted by Crippen LogP contribution is -2.44. The Morgan fingerprint density at radius 2 is 1.90 bits per heavy atom. The highest BCUT2D eigenvalue weighted by atomic mass is 127. The number of likely N-dealkylation sites (N-methyl/N-ethyl adjacent to an activating group) is 1. The molecule has 3 rings (SSSR count). The smallest absolute Gasteiger partial charge is 0.191 e. The molecule has 2 aromatic rings. The summed E-state index contributed by atoms with van der Waals surface area (Å²) in [6.45, 7) is 3.96. The highest BCUT2D eigenvalue weighted by Gasteiger charge is 2.24. The summed E-state index contributed by atoms with van der Waals surface area (Å²) in [5.74, 6) is 1.72. The van der Waals surface area contributed by atoms with Crippen molar-refractivity contribution in [1.29, 1.82) is 0 Å². The van der Waals surface area contributed by atoms with Gasteiger partial charge in [0.1, 0.15) is 5.75 Å². The molecule has 1 aliphatic rings. The molecule has 2 atom stereocenters. The number of thiophene rings is 1. The molecule has 0 saturated carbocycles. The Balaban J connectivity index is 0.00000341. The minimum absolute atomic E-state index is 0. The minimum Gasteiger partial charge on any atom is -0.497 e. The third-order valence-electron chi connectivity index (χ3n) is 5.70. The van der Waals surface area contributed by atoms with Crippen LogP contribution in [0, 0.1) is 0 Å². The van der Waals surface area contributed by atoms with E-state index >= 15 is 0 Å². The van der Waals surface area contributed by atoms with Crippen molar-refractivity contribution in [3.05, 3.63) is 52.2 Å². The van der Waals surface area contributed by atoms with E-state index in [0.29, 0.717) is 6.04 Å². The molecule has 2 unspecified atom stereocenters. The molecular formula is C23H36IN5OS. The van der Waals surface area contributed by atoms with E-state index in [0.717, 1.165) is 24.8 Å². The van der Waals surface area contributed by atoms with Gasteiger partial charge in [0.2, 0.25) is 0 Å². The monoisotopic (exact) mass is 557 g/mol. The summed E-state index contributed by atoms with van der Waals surface area (Å²) in [6, 6.07) is 13.3. The van der Waals surface area contributed by atoms with Gasteiger partial charge in [0.05, 0.1) is 19.2 Å². The molecule has 0 radical (unpaired) electrons. The lowest BCUT2D eigenvalue weighted by molar-refractivity contribution is 0.248. The Morgan fingerprint density at radius 3 is 2.52 bits per heavy atom. The maximum absolute atomic E-state index is 5.40. The fourth-order valence-corrected chi connectivity index (χ4v) is 4.86. The molecule has 0 amide bonds.